The van der Waals surface area contributed by atoms with Crippen LogP contribution in [0.2, 0.25) is 0 Å². The van der Waals surface area contributed by atoms with E-state index in [1.165, 1.54) is 5.56 Å². The van der Waals surface area contributed by atoms with E-state index in [4.69, 9.17) is 9.47 Å². The summed E-state index contributed by atoms with van der Waals surface area (Å²) < 4.78 is 11.7. The van der Waals surface area contributed by atoms with Crippen LogP contribution in [0.1, 0.15) is 25.0 Å². The van der Waals surface area contributed by atoms with Gasteiger partial charge in [-0.1, -0.05) is 36.4 Å². The average molecular weight is 417 g/mol. The molecule has 0 spiro atoms. The molecule has 0 atom stereocenters. The first-order valence-electron chi connectivity index (χ1n) is 9.89. The Morgan fingerprint density at radius 2 is 1.94 bits per heavy atom. The van der Waals surface area contributed by atoms with Gasteiger partial charge in [0, 0.05) is 6.42 Å². The fourth-order valence-corrected chi connectivity index (χ4v) is 3.14. The van der Waals surface area contributed by atoms with Crippen molar-refractivity contribution in [2.45, 2.75) is 20.3 Å². The quantitative estimate of drug-likeness (QED) is 0.519. The van der Waals surface area contributed by atoms with Crippen LogP contribution in [0.5, 0.6) is 11.5 Å². The highest BCUT2D eigenvalue weighted by molar-refractivity contribution is 6.31. The molecular weight excluding hydrogens is 396 g/mol. The Labute approximate surface area is 179 Å². The number of hydrogen-bond donors (Lipinski definition) is 0. The number of carbonyl (C=O) groups is 1. The Balaban J connectivity index is 1.51. The van der Waals surface area contributed by atoms with Crippen LogP contribution in [0, 0.1) is 0 Å². The van der Waals surface area contributed by atoms with Gasteiger partial charge in [0.25, 0.3) is 0 Å². The predicted molar refractivity (Wildman–Crippen MR) is 115 cm³/mol. The maximum Gasteiger partial charge on any atom is 0.239 e. The minimum Gasteiger partial charge on any atom is -0.490 e. The molecule has 0 unspecified atom stereocenters. The molecule has 0 aliphatic carbocycles. The van der Waals surface area contributed by atoms with Crippen molar-refractivity contribution in [2.75, 3.05) is 18.2 Å². The van der Waals surface area contributed by atoms with Crippen molar-refractivity contribution < 1.29 is 14.3 Å². The van der Waals surface area contributed by atoms with E-state index in [-0.39, 0.29) is 11.9 Å². The van der Waals surface area contributed by atoms with E-state index in [0.29, 0.717) is 36.0 Å². The van der Waals surface area contributed by atoms with Crippen molar-refractivity contribution in [2.24, 2.45) is 5.10 Å². The van der Waals surface area contributed by atoms with Gasteiger partial charge in [-0.3, -0.25) is 9.89 Å². The summed E-state index contributed by atoms with van der Waals surface area (Å²) >= 11 is 0. The third kappa shape index (κ3) is 4.61. The molecule has 3 aromatic rings. The lowest BCUT2D eigenvalue weighted by molar-refractivity contribution is -0.114. The van der Waals surface area contributed by atoms with Crippen LogP contribution in [0.4, 0.5) is 5.95 Å². The monoisotopic (exact) mass is 417 g/mol. The molecule has 9 nitrogen and oxygen atoms in total. The van der Waals surface area contributed by atoms with Gasteiger partial charge in [0.1, 0.15) is 5.95 Å². The number of hydrogen-bond acceptors (Lipinski definition) is 7. The topological polar surface area (TPSA) is 104 Å². The molecule has 1 aromatic heterocycles. The number of benzene rings is 2. The van der Waals surface area contributed by atoms with Crippen LogP contribution in [0.3, 0.4) is 0 Å². The van der Waals surface area contributed by atoms with Crippen LogP contribution in [0.25, 0.3) is 6.08 Å². The summed E-state index contributed by atoms with van der Waals surface area (Å²) in [5.74, 6) is 0.986. The molecule has 2 aromatic carbocycles. The zero-order chi connectivity index (χ0) is 21.6. The highest BCUT2D eigenvalue weighted by Gasteiger charge is 2.26. The Morgan fingerprint density at radius 1 is 1.10 bits per heavy atom. The van der Waals surface area contributed by atoms with E-state index >= 15 is 0 Å². The van der Waals surface area contributed by atoms with Crippen molar-refractivity contribution in [1.82, 2.24) is 20.6 Å². The summed E-state index contributed by atoms with van der Waals surface area (Å²) in [4.78, 5) is 12.7. The zero-order valence-corrected chi connectivity index (χ0v) is 17.2. The number of nitrogens with zero attached hydrogens (tertiary/aromatic N) is 6. The number of rotatable bonds is 8. The molecule has 158 valence electrons. The summed E-state index contributed by atoms with van der Waals surface area (Å²) in [7, 11) is 0. The van der Waals surface area contributed by atoms with Gasteiger partial charge in [0.2, 0.25) is 5.91 Å². The van der Waals surface area contributed by atoms with E-state index in [1.807, 2.05) is 43.3 Å². The van der Waals surface area contributed by atoms with E-state index in [1.54, 1.807) is 13.0 Å². The Hall–Kier alpha value is -4.01. The number of amides is 1. The number of tetrazole rings is 1. The fourth-order valence-electron chi connectivity index (χ4n) is 3.14. The van der Waals surface area contributed by atoms with Crippen LogP contribution < -0.4 is 19.6 Å². The molecule has 0 fully saturated rings. The smallest absolute Gasteiger partial charge is 0.239 e. The SMILES string of the molecule is CCOc1cc(/C=C2\C(=O)N(c3nnn[n-]3)N=C2C)ccc1OCCc1ccccc1. The first kappa shape index (κ1) is 20.3. The standard InChI is InChI=1S/C22H21N6O3/c1-3-30-20-14-17(9-10-19(20)31-12-11-16-7-5-4-6-8-16)13-18-15(2)25-28(21(18)29)22-23-26-27-24-22/h4-10,13-14H,3,11-12H2,1-2H3/q-1/b18-13-. The number of anilines is 1. The van der Waals surface area contributed by atoms with Crippen molar-refractivity contribution in [3.05, 3.63) is 65.2 Å². The van der Waals surface area contributed by atoms with Gasteiger partial charge in [-0.25, -0.2) is 15.2 Å². The maximum absolute atomic E-state index is 12.7. The van der Waals surface area contributed by atoms with Gasteiger partial charge in [-0.15, -0.1) is 5.21 Å². The Bertz CT molecular complexity index is 1110. The summed E-state index contributed by atoms with van der Waals surface area (Å²) in [5, 5.41) is 19.5. The third-order valence-electron chi connectivity index (χ3n) is 4.63. The Kier molecular flexibility index (Phi) is 6.02. The van der Waals surface area contributed by atoms with Crippen LogP contribution in [-0.4, -0.2) is 40.4 Å². The summed E-state index contributed by atoms with van der Waals surface area (Å²) in [6, 6.07) is 15.7. The largest absolute Gasteiger partial charge is 0.490 e. The first-order valence-corrected chi connectivity index (χ1v) is 9.89. The second kappa shape index (κ2) is 9.21. The highest BCUT2D eigenvalue weighted by Crippen LogP contribution is 2.30. The number of carbonyl (C=O) groups excluding carboxylic acids is 1. The zero-order valence-electron chi connectivity index (χ0n) is 17.2. The second-order valence-corrected chi connectivity index (χ2v) is 6.76. The molecule has 31 heavy (non-hydrogen) atoms. The van der Waals surface area contributed by atoms with Crippen molar-refractivity contribution in [1.29, 1.82) is 0 Å². The number of aromatic nitrogens is 4. The molecule has 1 aliphatic heterocycles. The lowest BCUT2D eigenvalue weighted by Crippen LogP contribution is -2.23. The minimum absolute atomic E-state index is 0.0462. The predicted octanol–water partition coefficient (Wildman–Crippen LogP) is 2.66. The number of ether oxygens (including phenoxy) is 2. The third-order valence-corrected chi connectivity index (χ3v) is 4.63. The first-order chi connectivity index (χ1) is 15.2. The minimum atomic E-state index is -0.339. The van der Waals surface area contributed by atoms with Crippen LogP contribution in [0.15, 0.2) is 59.2 Å². The van der Waals surface area contributed by atoms with Gasteiger partial charge < -0.3 is 9.47 Å². The molecule has 0 radical (unpaired) electrons. The lowest BCUT2D eigenvalue weighted by Gasteiger charge is -2.13. The molecule has 4 rings (SSSR count). The van der Waals surface area contributed by atoms with Gasteiger partial charge in [0.15, 0.2) is 11.5 Å². The van der Waals surface area contributed by atoms with Gasteiger partial charge in [0.05, 0.1) is 24.5 Å². The van der Waals surface area contributed by atoms with Crippen LogP contribution >= 0.6 is 0 Å². The van der Waals surface area contributed by atoms with E-state index in [0.717, 1.165) is 17.0 Å². The van der Waals surface area contributed by atoms with E-state index in [9.17, 15) is 4.79 Å². The Morgan fingerprint density at radius 3 is 2.68 bits per heavy atom. The fraction of sp³-hybridized carbons (Fsp3) is 0.227. The normalized spacial score (nSPS) is 14.8. The van der Waals surface area contributed by atoms with Crippen molar-refractivity contribution >= 4 is 23.6 Å². The molecule has 0 saturated carbocycles. The van der Waals surface area contributed by atoms with Gasteiger partial charge in [-0.2, -0.15) is 5.21 Å². The highest BCUT2D eigenvalue weighted by atomic mass is 16.5. The molecule has 1 amide bonds. The molecule has 1 aliphatic rings. The van der Waals surface area contributed by atoms with Crippen molar-refractivity contribution in [3.8, 4) is 11.5 Å². The lowest BCUT2D eigenvalue weighted by atomic mass is 10.1. The molecule has 0 bridgehead atoms. The van der Waals surface area contributed by atoms with E-state index < -0.39 is 0 Å². The van der Waals surface area contributed by atoms with Gasteiger partial charge >= 0.3 is 0 Å². The van der Waals surface area contributed by atoms with Gasteiger partial charge in [-0.05, 0) is 43.2 Å². The molecule has 9 heteroatoms. The average Bonchev–Trinajstić information content (AvgIpc) is 3.40. The summed E-state index contributed by atoms with van der Waals surface area (Å²) in [6.45, 7) is 4.69. The molecular formula is C22H21N6O3-. The van der Waals surface area contributed by atoms with Crippen molar-refractivity contribution in [3.63, 3.8) is 0 Å². The number of hydrazone groups is 1. The molecule has 0 N–H and O–H groups in total. The second-order valence-electron chi connectivity index (χ2n) is 6.76. The molecule has 2 heterocycles. The summed E-state index contributed by atoms with van der Waals surface area (Å²) in [5.41, 5.74) is 2.99. The summed E-state index contributed by atoms with van der Waals surface area (Å²) in [6.07, 6.45) is 2.55. The molecule has 0 saturated heterocycles. The maximum atomic E-state index is 12.7. The van der Waals surface area contributed by atoms with Crippen LogP contribution in [-0.2, 0) is 11.2 Å². The van der Waals surface area contributed by atoms with E-state index in [2.05, 4.69) is 37.9 Å².